The minimum atomic E-state index is -2.43. The summed E-state index contributed by atoms with van der Waals surface area (Å²) in [5.41, 5.74) is 0. The quantitative estimate of drug-likeness (QED) is 0.623. The Kier molecular flexibility index (Phi) is 5.01. The van der Waals surface area contributed by atoms with E-state index in [0.717, 1.165) is 5.82 Å². The fourth-order valence-corrected chi connectivity index (χ4v) is 1.55. The number of nitrogens with zero attached hydrogens (tertiary/aromatic N) is 2. The number of nitrogens with one attached hydrogen (secondary N) is 1. The summed E-state index contributed by atoms with van der Waals surface area (Å²) in [6.45, 7) is 4.08. The van der Waals surface area contributed by atoms with Crippen molar-refractivity contribution < 1.29 is 13.5 Å². The molecular weight excluding hydrogens is 236 g/mol. The highest BCUT2D eigenvalue weighted by molar-refractivity contribution is 7.71. The molecule has 1 aromatic heterocycles. The van der Waals surface area contributed by atoms with E-state index in [0.29, 0.717) is 11.3 Å². The van der Waals surface area contributed by atoms with Crippen LogP contribution in [0.5, 0.6) is 0 Å². The number of hydrogen-bond acceptors (Lipinski definition) is 3. The highest BCUT2D eigenvalue weighted by atomic mass is 32.1. The number of hydrogen-bond donors (Lipinski definition) is 1. The topological polar surface area (TPSA) is 42.8 Å². The zero-order chi connectivity index (χ0) is 12.1. The Bertz CT molecular complexity index is 375. The molecule has 0 saturated carbocycles. The number of alkyl halides is 2. The zero-order valence-corrected chi connectivity index (χ0v) is 10.1. The summed E-state index contributed by atoms with van der Waals surface area (Å²) in [5, 5.41) is 6.75. The lowest BCUT2D eigenvalue weighted by atomic mass is 10.2. The molecule has 0 saturated heterocycles. The van der Waals surface area contributed by atoms with E-state index in [1.165, 1.54) is 0 Å². The molecule has 0 radical (unpaired) electrons. The number of rotatable bonds is 6. The summed E-state index contributed by atoms with van der Waals surface area (Å²) >= 11 is 5.03. The van der Waals surface area contributed by atoms with Gasteiger partial charge < -0.3 is 9.30 Å². The van der Waals surface area contributed by atoms with E-state index in [9.17, 15) is 8.78 Å². The number of H-pyrrole nitrogens is 1. The molecule has 1 N–H and O–H groups in total. The van der Waals surface area contributed by atoms with Crippen LogP contribution in [0.4, 0.5) is 8.78 Å². The molecule has 0 spiro atoms. The largest absolute Gasteiger partial charge is 0.374 e. The molecule has 0 aliphatic heterocycles. The van der Waals surface area contributed by atoms with Gasteiger partial charge in [0.25, 0.3) is 6.43 Å². The van der Waals surface area contributed by atoms with Gasteiger partial charge in [-0.1, -0.05) is 13.8 Å². The molecule has 0 unspecified atom stereocenters. The van der Waals surface area contributed by atoms with Crippen molar-refractivity contribution in [2.75, 3.05) is 13.2 Å². The van der Waals surface area contributed by atoms with E-state index in [2.05, 4.69) is 10.2 Å². The van der Waals surface area contributed by atoms with Crippen LogP contribution in [0.25, 0.3) is 0 Å². The number of aromatic nitrogens is 3. The van der Waals surface area contributed by atoms with Gasteiger partial charge >= 0.3 is 0 Å². The van der Waals surface area contributed by atoms with Crippen LogP contribution in [0.2, 0.25) is 0 Å². The van der Waals surface area contributed by atoms with Gasteiger partial charge in [-0.2, -0.15) is 5.10 Å². The zero-order valence-electron chi connectivity index (χ0n) is 9.24. The first-order valence-electron chi connectivity index (χ1n) is 5.03. The van der Waals surface area contributed by atoms with Crippen molar-refractivity contribution in [1.29, 1.82) is 0 Å². The fourth-order valence-electron chi connectivity index (χ4n) is 1.31. The lowest BCUT2D eigenvalue weighted by Crippen LogP contribution is -2.13. The lowest BCUT2D eigenvalue weighted by Gasteiger charge is -2.09. The molecule has 0 aromatic carbocycles. The molecule has 1 aromatic rings. The monoisotopic (exact) mass is 251 g/mol. The van der Waals surface area contributed by atoms with Gasteiger partial charge in [-0.25, -0.2) is 8.78 Å². The Balaban J connectivity index is 2.53. The highest BCUT2D eigenvalue weighted by Gasteiger charge is 2.10. The molecule has 1 rings (SSSR count). The minimum Gasteiger partial charge on any atom is -0.374 e. The molecule has 16 heavy (non-hydrogen) atoms. The maximum Gasteiger partial charge on any atom is 0.261 e. The first-order chi connectivity index (χ1) is 7.52. The van der Waals surface area contributed by atoms with E-state index >= 15 is 0 Å². The smallest absolute Gasteiger partial charge is 0.261 e. The number of aromatic amines is 1. The molecule has 7 heteroatoms. The maximum absolute atomic E-state index is 11.8. The first-order valence-corrected chi connectivity index (χ1v) is 5.44. The van der Waals surface area contributed by atoms with E-state index in [-0.39, 0.29) is 12.5 Å². The average Bonchev–Trinajstić information content (AvgIpc) is 2.54. The van der Waals surface area contributed by atoms with Crippen LogP contribution in [-0.2, 0) is 11.3 Å². The van der Waals surface area contributed by atoms with Crippen molar-refractivity contribution in [3.63, 3.8) is 0 Å². The molecule has 92 valence electrons. The van der Waals surface area contributed by atoms with Crippen LogP contribution >= 0.6 is 12.2 Å². The van der Waals surface area contributed by atoms with Crippen molar-refractivity contribution in [3.05, 3.63) is 10.6 Å². The third kappa shape index (κ3) is 3.64. The maximum atomic E-state index is 11.8. The number of ether oxygens (including phenoxy) is 1. The van der Waals surface area contributed by atoms with E-state index < -0.39 is 13.0 Å². The van der Waals surface area contributed by atoms with Crippen LogP contribution in [-0.4, -0.2) is 34.4 Å². The Hall–Kier alpha value is -0.820. The second-order valence-electron chi connectivity index (χ2n) is 3.66. The molecule has 1 heterocycles. The minimum absolute atomic E-state index is 0.206. The third-order valence-corrected chi connectivity index (χ3v) is 2.32. The Morgan fingerprint density at radius 2 is 2.19 bits per heavy atom. The van der Waals surface area contributed by atoms with Gasteiger partial charge in [0.1, 0.15) is 12.4 Å². The van der Waals surface area contributed by atoms with Crippen molar-refractivity contribution in [3.8, 4) is 0 Å². The molecule has 0 fully saturated rings. The SMILES string of the molecule is CC(C)c1n[nH]c(=S)n1CCOCC(F)F. The van der Waals surface area contributed by atoms with Gasteiger partial charge in [0.2, 0.25) is 0 Å². The predicted molar refractivity (Wildman–Crippen MR) is 58.3 cm³/mol. The van der Waals surface area contributed by atoms with Crippen molar-refractivity contribution in [1.82, 2.24) is 14.8 Å². The van der Waals surface area contributed by atoms with Gasteiger partial charge in [-0.15, -0.1) is 0 Å². The van der Waals surface area contributed by atoms with Gasteiger partial charge in [0.05, 0.1) is 13.2 Å². The van der Waals surface area contributed by atoms with Crippen LogP contribution in [0.3, 0.4) is 0 Å². The average molecular weight is 251 g/mol. The van der Waals surface area contributed by atoms with Crippen molar-refractivity contribution in [2.45, 2.75) is 32.7 Å². The van der Waals surface area contributed by atoms with Gasteiger partial charge in [0.15, 0.2) is 4.77 Å². The predicted octanol–water partition coefficient (Wildman–Crippen LogP) is 2.35. The van der Waals surface area contributed by atoms with E-state index in [1.54, 1.807) is 4.57 Å². The van der Waals surface area contributed by atoms with Gasteiger partial charge in [-0.05, 0) is 12.2 Å². The lowest BCUT2D eigenvalue weighted by molar-refractivity contribution is 0.0144. The summed E-state index contributed by atoms with van der Waals surface area (Å²) in [5.74, 6) is 1.04. The van der Waals surface area contributed by atoms with Crippen LogP contribution in [0, 0.1) is 4.77 Å². The van der Waals surface area contributed by atoms with Gasteiger partial charge in [-0.3, -0.25) is 5.10 Å². The second kappa shape index (κ2) is 6.05. The molecule has 0 amide bonds. The Labute approximate surface area is 97.6 Å². The van der Waals surface area contributed by atoms with E-state index in [1.807, 2.05) is 13.8 Å². The summed E-state index contributed by atoms with van der Waals surface area (Å²) in [6, 6.07) is 0. The summed E-state index contributed by atoms with van der Waals surface area (Å²) < 4.78 is 30.7. The Morgan fingerprint density at radius 1 is 1.50 bits per heavy atom. The molecule has 4 nitrogen and oxygen atoms in total. The Morgan fingerprint density at radius 3 is 2.75 bits per heavy atom. The standard InChI is InChI=1S/C9H15F2N3OS/c1-6(2)8-12-13-9(16)14(8)3-4-15-5-7(10)11/h6-7H,3-5H2,1-2H3,(H,13,16). The van der Waals surface area contributed by atoms with Crippen LogP contribution in [0.1, 0.15) is 25.6 Å². The summed E-state index contributed by atoms with van der Waals surface area (Å²) in [6.07, 6.45) is -2.43. The third-order valence-electron chi connectivity index (χ3n) is 2.01. The normalized spacial score (nSPS) is 11.6. The fraction of sp³-hybridized carbons (Fsp3) is 0.778. The molecular formula is C9H15F2N3OS. The molecule has 0 aliphatic carbocycles. The first kappa shape index (κ1) is 13.2. The second-order valence-corrected chi connectivity index (χ2v) is 4.05. The van der Waals surface area contributed by atoms with Crippen LogP contribution < -0.4 is 0 Å². The molecule has 0 bridgehead atoms. The highest BCUT2D eigenvalue weighted by Crippen LogP contribution is 2.11. The summed E-state index contributed by atoms with van der Waals surface area (Å²) in [7, 11) is 0. The summed E-state index contributed by atoms with van der Waals surface area (Å²) in [4.78, 5) is 0. The van der Waals surface area contributed by atoms with Crippen molar-refractivity contribution in [2.24, 2.45) is 0 Å². The molecule has 0 atom stereocenters. The van der Waals surface area contributed by atoms with Crippen molar-refractivity contribution >= 4 is 12.2 Å². The van der Waals surface area contributed by atoms with Crippen LogP contribution in [0.15, 0.2) is 0 Å². The number of halogens is 2. The van der Waals surface area contributed by atoms with Gasteiger partial charge in [0, 0.05) is 5.92 Å². The van der Waals surface area contributed by atoms with E-state index in [4.69, 9.17) is 17.0 Å². The molecule has 0 aliphatic rings.